The predicted molar refractivity (Wildman–Crippen MR) is 71.7 cm³/mol. The lowest BCUT2D eigenvalue weighted by Gasteiger charge is -2.27. The zero-order chi connectivity index (χ0) is 12.4. The second-order valence-corrected chi connectivity index (χ2v) is 5.37. The summed E-state index contributed by atoms with van der Waals surface area (Å²) in [5.41, 5.74) is 0.0586. The van der Waals surface area contributed by atoms with Crippen molar-refractivity contribution in [1.29, 1.82) is 0 Å². The molecule has 0 aromatic carbocycles. The number of hydrogen-bond acceptors (Lipinski definition) is 2. The molecular formula is C14H31NO. The van der Waals surface area contributed by atoms with Crippen molar-refractivity contribution in [3.8, 4) is 0 Å². The van der Waals surface area contributed by atoms with E-state index in [1.54, 1.807) is 0 Å². The smallest absolute Gasteiger partial charge is 0.0496 e. The zero-order valence-electron chi connectivity index (χ0n) is 11.7. The van der Waals surface area contributed by atoms with Crippen molar-refractivity contribution in [1.82, 2.24) is 5.32 Å². The fourth-order valence-electron chi connectivity index (χ4n) is 1.81. The molecule has 0 rings (SSSR count). The molecular weight excluding hydrogens is 198 g/mol. The molecule has 0 heterocycles. The van der Waals surface area contributed by atoms with Crippen LogP contribution in [0.5, 0.6) is 0 Å². The first-order valence-electron chi connectivity index (χ1n) is 6.93. The minimum absolute atomic E-state index is 0.0586. The van der Waals surface area contributed by atoms with Crippen molar-refractivity contribution < 1.29 is 5.11 Å². The minimum atomic E-state index is 0.0586. The van der Waals surface area contributed by atoms with Crippen molar-refractivity contribution in [2.75, 3.05) is 19.7 Å². The number of aliphatic hydroxyl groups is 1. The standard InChI is InChI=1S/C14H31NO/c1-5-8-9-13(6-2)10-15-11-14(4,7-3)12-16/h13,15-16H,5-12H2,1-4H3. The topological polar surface area (TPSA) is 32.3 Å². The molecule has 0 aliphatic heterocycles. The van der Waals surface area contributed by atoms with Gasteiger partial charge in [-0.25, -0.2) is 0 Å². The van der Waals surface area contributed by atoms with Crippen LogP contribution < -0.4 is 5.32 Å². The van der Waals surface area contributed by atoms with Gasteiger partial charge < -0.3 is 10.4 Å². The molecule has 2 atom stereocenters. The molecule has 0 aromatic rings. The van der Waals surface area contributed by atoms with E-state index in [4.69, 9.17) is 0 Å². The van der Waals surface area contributed by atoms with E-state index in [1.807, 2.05) is 0 Å². The Hall–Kier alpha value is -0.0800. The summed E-state index contributed by atoms with van der Waals surface area (Å²) in [4.78, 5) is 0. The summed E-state index contributed by atoms with van der Waals surface area (Å²) in [6.07, 6.45) is 6.25. The molecule has 2 nitrogen and oxygen atoms in total. The molecule has 0 aliphatic carbocycles. The van der Waals surface area contributed by atoms with Crippen LogP contribution in [0.3, 0.4) is 0 Å². The van der Waals surface area contributed by atoms with Gasteiger partial charge in [0.2, 0.25) is 0 Å². The molecule has 16 heavy (non-hydrogen) atoms. The molecule has 0 bridgehead atoms. The van der Waals surface area contributed by atoms with Gasteiger partial charge >= 0.3 is 0 Å². The molecule has 0 radical (unpaired) electrons. The highest BCUT2D eigenvalue weighted by molar-refractivity contribution is 4.75. The monoisotopic (exact) mass is 229 g/mol. The molecule has 98 valence electrons. The molecule has 2 unspecified atom stereocenters. The van der Waals surface area contributed by atoms with Crippen molar-refractivity contribution >= 4 is 0 Å². The van der Waals surface area contributed by atoms with E-state index in [2.05, 4.69) is 33.0 Å². The molecule has 2 N–H and O–H groups in total. The molecule has 0 amide bonds. The Morgan fingerprint density at radius 3 is 2.38 bits per heavy atom. The minimum Gasteiger partial charge on any atom is -0.396 e. The maximum Gasteiger partial charge on any atom is 0.0496 e. The maximum atomic E-state index is 9.31. The second-order valence-electron chi connectivity index (χ2n) is 5.37. The molecule has 0 fully saturated rings. The highest BCUT2D eigenvalue weighted by Gasteiger charge is 2.20. The predicted octanol–water partition coefficient (Wildman–Crippen LogP) is 3.20. The Labute approximate surface area is 102 Å². The fourth-order valence-corrected chi connectivity index (χ4v) is 1.81. The Morgan fingerprint density at radius 1 is 1.25 bits per heavy atom. The lowest BCUT2D eigenvalue weighted by atomic mass is 9.88. The van der Waals surface area contributed by atoms with Crippen LogP contribution in [0.1, 0.15) is 59.8 Å². The van der Waals surface area contributed by atoms with Crippen molar-refractivity contribution in [2.24, 2.45) is 11.3 Å². The summed E-state index contributed by atoms with van der Waals surface area (Å²) in [7, 11) is 0. The Bertz CT molecular complexity index is 155. The van der Waals surface area contributed by atoms with Crippen molar-refractivity contribution in [3.63, 3.8) is 0 Å². The number of unbranched alkanes of at least 4 members (excludes halogenated alkanes) is 1. The molecule has 2 heteroatoms. The summed E-state index contributed by atoms with van der Waals surface area (Å²) in [6.45, 7) is 11.1. The summed E-state index contributed by atoms with van der Waals surface area (Å²) in [5.74, 6) is 0.805. The van der Waals surface area contributed by atoms with Gasteiger partial charge in [-0.05, 0) is 25.3 Å². The van der Waals surface area contributed by atoms with Gasteiger partial charge in [-0.3, -0.25) is 0 Å². The van der Waals surface area contributed by atoms with Crippen LogP contribution in [-0.4, -0.2) is 24.8 Å². The molecule has 0 aliphatic rings. The highest BCUT2D eigenvalue weighted by atomic mass is 16.3. The van der Waals surface area contributed by atoms with Gasteiger partial charge in [-0.2, -0.15) is 0 Å². The SMILES string of the molecule is CCCCC(CC)CNCC(C)(CC)CO. The van der Waals surface area contributed by atoms with Gasteiger partial charge in [-0.1, -0.05) is 47.0 Å². The summed E-state index contributed by atoms with van der Waals surface area (Å²) < 4.78 is 0. The van der Waals surface area contributed by atoms with E-state index in [-0.39, 0.29) is 12.0 Å². The van der Waals surface area contributed by atoms with Crippen LogP contribution in [-0.2, 0) is 0 Å². The van der Waals surface area contributed by atoms with Gasteiger partial charge in [0.25, 0.3) is 0 Å². The average Bonchev–Trinajstić information content (AvgIpc) is 2.33. The third-order valence-corrected chi connectivity index (χ3v) is 3.76. The highest BCUT2D eigenvalue weighted by Crippen LogP contribution is 2.19. The number of nitrogens with one attached hydrogen (secondary N) is 1. The summed E-state index contributed by atoms with van der Waals surface area (Å²) in [6, 6.07) is 0. The van der Waals surface area contributed by atoms with Gasteiger partial charge in [0.15, 0.2) is 0 Å². The van der Waals surface area contributed by atoms with E-state index in [0.717, 1.165) is 25.4 Å². The number of aliphatic hydroxyl groups excluding tert-OH is 1. The van der Waals surface area contributed by atoms with E-state index >= 15 is 0 Å². The summed E-state index contributed by atoms with van der Waals surface area (Å²) >= 11 is 0. The quantitative estimate of drug-likeness (QED) is 0.603. The lowest BCUT2D eigenvalue weighted by molar-refractivity contribution is 0.133. The Kier molecular flexibility index (Phi) is 8.96. The lowest BCUT2D eigenvalue weighted by Crippen LogP contribution is -2.36. The maximum absolute atomic E-state index is 9.31. The first kappa shape index (κ1) is 15.9. The van der Waals surface area contributed by atoms with E-state index < -0.39 is 0 Å². The van der Waals surface area contributed by atoms with Crippen molar-refractivity contribution in [3.05, 3.63) is 0 Å². The average molecular weight is 229 g/mol. The van der Waals surface area contributed by atoms with Gasteiger partial charge in [0.1, 0.15) is 0 Å². The Balaban J connectivity index is 3.76. The normalized spacial score (nSPS) is 17.1. The van der Waals surface area contributed by atoms with E-state index in [0.29, 0.717) is 0 Å². The van der Waals surface area contributed by atoms with Crippen LogP contribution >= 0.6 is 0 Å². The molecule has 0 spiro atoms. The molecule has 0 aromatic heterocycles. The zero-order valence-corrected chi connectivity index (χ0v) is 11.7. The van der Waals surface area contributed by atoms with Gasteiger partial charge in [0.05, 0.1) is 0 Å². The van der Waals surface area contributed by atoms with Crippen molar-refractivity contribution in [2.45, 2.75) is 59.8 Å². The Morgan fingerprint density at radius 2 is 1.94 bits per heavy atom. The van der Waals surface area contributed by atoms with E-state index in [1.165, 1.54) is 25.7 Å². The van der Waals surface area contributed by atoms with E-state index in [9.17, 15) is 5.11 Å². The third-order valence-electron chi connectivity index (χ3n) is 3.76. The van der Waals surface area contributed by atoms with Crippen LogP contribution in [0.2, 0.25) is 0 Å². The number of hydrogen-bond donors (Lipinski definition) is 2. The first-order chi connectivity index (χ1) is 7.61. The number of rotatable bonds is 10. The molecule has 0 saturated carbocycles. The summed E-state index contributed by atoms with van der Waals surface area (Å²) in [5, 5.41) is 12.8. The second kappa shape index (κ2) is 9.00. The van der Waals surface area contributed by atoms with Crippen LogP contribution in [0.15, 0.2) is 0 Å². The first-order valence-corrected chi connectivity index (χ1v) is 6.93. The third kappa shape index (κ3) is 6.49. The molecule has 0 saturated heterocycles. The largest absolute Gasteiger partial charge is 0.396 e. The van der Waals surface area contributed by atoms with Crippen LogP contribution in [0, 0.1) is 11.3 Å². The van der Waals surface area contributed by atoms with Gasteiger partial charge in [0, 0.05) is 18.6 Å². The van der Waals surface area contributed by atoms with Gasteiger partial charge in [-0.15, -0.1) is 0 Å². The fraction of sp³-hybridized carbons (Fsp3) is 1.00. The van der Waals surface area contributed by atoms with Crippen LogP contribution in [0.4, 0.5) is 0 Å². The van der Waals surface area contributed by atoms with Crippen LogP contribution in [0.25, 0.3) is 0 Å².